The molecule has 3 rings (SSSR count). The van der Waals surface area contributed by atoms with Crippen LogP contribution in [0.15, 0.2) is 28.8 Å². The summed E-state index contributed by atoms with van der Waals surface area (Å²) in [5.74, 6) is -2.28. The number of amides is 2. The standard InChI is InChI=1S/C19H19F4N3O3/c1-2-14-15(19(21,22)23)25-29-17(14)24-16(27)12-4-3-9-26(10-12)18(28)11-5-7-13(20)8-6-11/h5-8,12H,2-4,9-10H2,1H3,(H,24,27)/t12-/m1/s1. The highest BCUT2D eigenvalue weighted by Gasteiger charge is 2.39. The third-order valence-corrected chi connectivity index (χ3v) is 4.82. The third kappa shape index (κ3) is 4.57. The number of hydrogen-bond acceptors (Lipinski definition) is 4. The Morgan fingerprint density at radius 2 is 1.97 bits per heavy atom. The van der Waals surface area contributed by atoms with E-state index in [2.05, 4.69) is 10.5 Å². The smallest absolute Gasteiger partial charge is 0.338 e. The third-order valence-electron chi connectivity index (χ3n) is 4.82. The summed E-state index contributed by atoms with van der Waals surface area (Å²) in [7, 11) is 0. The average Bonchev–Trinajstić information content (AvgIpc) is 3.11. The van der Waals surface area contributed by atoms with Crippen molar-refractivity contribution in [3.05, 3.63) is 46.9 Å². The molecular formula is C19H19F4N3O3. The number of likely N-dealkylation sites (tertiary alicyclic amines) is 1. The Balaban J connectivity index is 1.69. The Bertz CT molecular complexity index is 893. The molecule has 1 atom stereocenters. The molecule has 0 saturated carbocycles. The number of nitrogens with zero attached hydrogens (tertiary/aromatic N) is 2. The van der Waals surface area contributed by atoms with Gasteiger partial charge in [-0.15, -0.1) is 0 Å². The number of carbonyl (C=O) groups excluding carboxylic acids is 2. The van der Waals surface area contributed by atoms with Gasteiger partial charge in [-0.25, -0.2) is 4.39 Å². The number of halogens is 4. The van der Waals surface area contributed by atoms with Gasteiger partial charge in [0.15, 0.2) is 5.69 Å². The zero-order chi connectivity index (χ0) is 21.2. The van der Waals surface area contributed by atoms with Gasteiger partial charge in [-0.05, 0) is 43.5 Å². The van der Waals surface area contributed by atoms with Gasteiger partial charge in [-0.3, -0.25) is 14.9 Å². The molecule has 29 heavy (non-hydrogen) atoms. The molecule has 2 aromatic rings. The normalized spacial score (nSPS) is 17.3. The number of nitrogens with one attached hydrogen (secondary N) is 1. The molecule has 0 radical (unpaired) electrons. The highest BCUT2D eigenvalue weighted by Crippen LogP contribution is 2.35. The Labute approximate surface area is 163 Å². The van der Waals surface area contributed by atoms with Crippen LogP contribution in [0.1, 0.15) is 41.4 Å². The molecule has 0 spiro atoms. The van der Waals surface area contributed by atoms with Gasteiger partial charge >= 0.3 is 6.18 Å². The summed E-state index contributed by atoms with van der Waals surface area (Å²) in [6.45, 7) is 2.03. The summed E-state index contributed by atoms with van der Waals surface area (Å²) in [5, 5.41) is 5.41. The SMILES string of the molecule is CCc1c(C(F)(F)F)noc1NC(=O)[C@@H]1CCCN(C(=O)c2ccc(F)cc2)C1. The zero-order valence-electron chi connectivity index (χ0n) is 15.6. The molecule has 1 aromatic heterocycles. The number of alkyl halides is 3. The lowest BCUT2D eigenvalue weighted by atomic mass is 9.96. The van der Waals surface area contributed by atoms with Crippen molar-refractivity contribution in [2.75, 3.05) is 18.4 Å². The van der Waals surface area contributed by atoms with E-state index in [1.54, 1.807) is 0 Å². The summed E-state index contributed by atoms with van der Waals surface area (Å²) < 4.78 is 56.6. The van der Waals surface area contributed by atoms with Gasteiger partial charge < -0.3 is 9.42 Å². The summed E-state index contributed by atoms with van der Waals surface area (Å²) in [5.41, 5.74) is -1.08. The largest absolute Gasteiger partial charge is 0.437 e. The highest BCUT2D eigenvalue weighted by molar-refractivity contribution is 5.96. The summed E-state index contributed by atoms with van der Waals surface area (Å²) in [4.78, 5) is 26.6. The highest BCUT2D eigenvalue weighted by atomic mass is 19.4. The minimum absolute atomic E-state index is 0.0200. The van der Waals surface area contributed by atoms with Gasteiger partial charge in [-0.2, -0.15) is 13.2 Å². The lowest BCUT2D eigenvalue weighted by Crippen LogP contribution is -2.43. The topological polar surface area (TPSA) is 75.4 Å². The van der Waals surface area contributed by atoms with E-state index < -0.39 is 29.5 Å². The van der Waals surface area contributed by atoms with Crippen LogP contribution >= 0.6 is 0 Å². The minimum Gasteiger partial charge on any atom is -0.338 e. The van der Waals surface area contributed by atoms with Crippen LogP contribution in [0.4, 0.5) is 23.4 Å². The number of rotatable bonds is 4. The second kappa shape index (κ2) is 8.22. The zero-order valence-corrected chi connectivity index (χ0v) is 15.6. The van der Waals surface area contributed by atoms with E-state index in [4.69, 9.17) is 4.52 Å². The predicted octanol–water partition coefficient (Wildman–Crippen LogP) is 3.89. The maximum absolute atomic E-state index is 13.0. The number of carbonyl (C=O) groups is 2. The summed E-state index contributed by atoms with van der Waals surface area (Å²) >= 11 is 0. The molecule has 0 aliphatic carbocycles. The van der Waals surface area contributed by atoms with Crippen LogP contribution in [-0.4, -0.2) is 35.0 Å². The second-order valence-corrected chi connectivity index (χ2v) is 6.78. The van der Waals surface area contributed by atoms with E-state index in [1.807, 2.05) is 0 Å². The van der Waals surface area contributed by atoms with E-state index in [0.29, 0.717) is 24.9 Å². The second-order valence-electron chi connectivity index (χ2n) is 6.78. The molecule has 6 nitrogen and oxygen atoms in total. The molecule has 1 fully saturated rings. The molecule has 2 heterocycles. The van der Waals surface area contributed by atoms with E-state index in [9.17, 15) is 27.2 Å². The van der Waals surface area contributed by atoms with Crippen LogP contribution < -0.4 is 5.32 Å². The number of aromatic nitrogens is 1. The molecule has 10 heteroatoms. The van der Waals surface area contributed by atoms with Crippen LogP contribution in [-0.2, 0) is 17.4 Å². The number of anilines is 1. The van der Waals surface area contributed by atoms with Crippen molar-refractivity contribution in [3.8, 4) is 0 Å². The van der Waals surface area contributed by atoms with Gasteiger partial charge in [0.2, 0.25) is 11.8 Å². The predicted molar refractivity (Wildman–Crippen MR) is 94.5 cm³/mol. The quantitative estimate of drug-likeness (QED) is 0.772. The van der Waals surface area contributed by atoms with E-state index in [-0.39, 0.29) is 30.3 Å². The van der Waals surface area contributed by atoms with Crippen molar-refractivity contribution in [1.29, 1.82) is 0 Å². The van der Waals surface area contributed by atoms with Crippen molar-refractivity contribution in [2.45, 2.75) is 32.4 Å². The van der Waals surface area contributed by atoms with Gasteiger partial charge in [0, 0.05) is 24.2 Å². The fraction of sp³-hybridized carbons (Fsp3) is 0.421. The van der Waals surface area contributed by atoms with Crippen molar-refractivity contribution in [2.24, 2.45) is 5.92 Å². The molecule has 1 N–H and O–H groups in total. The van der Waals surface area contributed by atoms with Crippen molar-refractivity contribution < 1.29 is 31.7 Å². The number of benzene rings is 1. The fourth-order valence-corrected chi connectivity index (χ4v) is 3.32. The van der Waals surface area contributed by atoms with Crippen LogP contribution in [0.3, 0.4) is 0 Å². The van der Waals surface area contributed by atoms with Gasteiger partial charge in [0.05, 0.1) is 5.92 Å². The van der Waals surface area contributed by atoms with Crippen LogP contribution in [0.25, 0.3) is 0 Å². The molecule has 156 valence electrons. The number of hydrogen-bond donors (Lipinski definition) is 1. The van der Waals surface area contributed by atoms with Gasteiger partial charge in [0.1, 0.15) is 5.82 Å². The molecule has 2 amide bonds. The average molecular weight is 413 g/mol. The molecule has 1 aliphatic heterocycles. The first-order chi connectivity index (χ1) is 13.7. The first-order valence-electron chi connectivity index (χ1n) is 9.12. The van der Waals surface area contributed by atoms with Gasteiger partial charge in [0.25, 0.3) is 5.91 Å². The molecule has 0 bridgehead atoms. The van der Waals surface area contributed by atoms with E-state index >= 15 is 0 Å². The van der Waals surface area contributed by atoms with E-state index in [1.165, 1.54) is 36.1 Å². The van der Waals surface area contributed by atoms with Crippen LogP contribution in [0.5, 0.6) is 0 Å². The van der Waals surface area contributed by atoms with Crippen molar-refractivity contribution in [3.63, 3.8) is 0 Å². The fourth-order valence-electron chi connectivity index (χ4n) is 3.32. The molecule has 1 aromatic carbocycles. The Hall–Kier alpha value is -2.91. The maximum atomic E-state index is 13.0. The van der Waals surface area contributed by atoms with Crippen molar-refractivity contribution >= 4 is 17.7 Å². The monoisotopic (exact) mass is 413 g/mol. The summed E-state index contributed by atoms with van der Waals surface area (Å²) in [6, 6.07) is 5.08. The molecule has 1 saturated heterocycles. The lowest BCUT2D eigenvalue weighted by Gasteiger charge is -2.32. The van der Waals surface area contributed by atoms with Crippen LogP contribution in [0.2, 0.25) is 0 Å². The van der Waals surface area contributed by atoms with E-state index in [0.717, 1.165) is 0 Å². The first kappa shape index (κ1) is 20.8. The lowest BCUT2D eigenvalue weighted by molar-refractivity contribution is -0.143. The van der Waals surface area contributed by atoms with Crippen LogP contribution in [0, 0.1) is 11.7 Å². The summed E-state index contributed by atoms with van der Waals surface area (Å²) in [6.07, 6.45) is -3.68. The minimum atomic E-state index is -4.68. The van der Waals surface area contributed by atoms with Gasteiger partial charge in [-0.1, -0.05) is 12.1 Å². The number of piperidine rings is 1. The molecular weight excluding hydrogens is 394 g/mol. The Morgan fingerprint density at radius 1 is 1.28 bits per heavy atom. The Morgan fingerprint density at radius 3 is 2.59 bits per heavy atom. The maximum Gasteiger partial charge on any atom is 0.437 e. The molecule has 1 aliphatic rings. The Kier molecular flexibility index (Phi) is 5.90. The molecule has 0 unspecified atom stereocenters. The van der Waals surface area contributed by atoms with Crippen molar-refractivity contribution in [1.82, 2.24) is 10.1 Å². The first-order valence-corrected chi connectivity index (χ1v) is 9.12.